The summed E-state index contributed by atoms with van der Waals surface area (Å²) in [6, 6.07) is 8.26. The number of carbonyl (C=O) groups is 4. The van der Waals surface area contributed by atoms with Crippen LogP contribution in [-0.2, 0) is 25.7 Å². The molecule has 0 spiro atoms. The number of halogens is 1. The minimum Gasteiger partial charge on any atom is -0.445 e. The van der Waals surface area contributed by atoms with Gasteiger partial charge in [0.2, 0.25) is 5.91 Å². The van der Waals surface area contributed by atoms with E-state index in [0.29, 0.717) is 12.3 Å². The molecule has 1 aromatic carbocycles. The van der Waals surface area contributed by atoms with E-state index in [-0.39, 0.29) is 25.5 Å². The summed E-state index contributed by atoms with van der Waals surface area (Å²) in [4.78, 5) is 47.7. The van der Waals surface area contributed by atoms with E-state index in [1.165, 1.54) is 0 Å². The lowest BCUT2D eigenvalue weighted by atomic mass is 10.1. The first-order valence-corrected chi connectivity index (χ1v) is 9.84. The van der Waals surface area contributed by atoms with Crippen LogP contribution in [0, 0.1) is 5.92 Å². The van der Waals surface area contributed by atoms with Crippen molar-refractivity contribution < 1.29 is 23.9 Å². The minimum atomic E-state index is -0.884. The highest BCUT2D eigenvalue weighted by Crippen LogP contribution is 2.33. The average molecular weight is 425 g/mol. The highest BCUT2D eigenvalue weighted by atomic mass is 35.5. The third kappa shape index (κ3) is 8.39. The van der Waals surface area contributed by atoms with Crippen LogP contribution in [0.15, 0.2) is 30.3 Å². The van der Waals surface area contributed by atoms with Crippen molar-refractivity contribution in [2.45, 2.75) is 38.3 Å². The van der Waals surface area contributed by atoms with Crippen LogP contribution < -0.4 is 16.5 Å². The molecule has 0 heterocycles. The number of nitrogens with zero attached hydrogens (tertiary/aromatic N) is 1. The molecule has 0 bridgehead atoms. The van der Waals surface area contributed by atoms with Crippen LogP contribution in [0.5, 0.6) is 0 Å². The van der Waals surface area contributed by atoms with Crippen molar-refractivity contribution in [1.29, 1.82) is 0 Å². The molecule has 10 heteroatoms. The Morgan fingerprint density at radius 3 is 2.48 bits per heavy atom. The third-order valence-corrected chi connectivity index (χ3v) is 4.56. The molecule has 1 atom stereocenters. The Morgan fingerprint density at radius 1 is 1.21 bits per heavy atom. The number of hydrogen-bond acceptors (Lipinski definition) is 5. The molecule has 0 aromatic heterocycles. The number of hydrogen-bond donors (Lipinski definition) is 3. The number of nitrogens with one attached hydrogen (secondary N) is 2. The Morgan fingerprint density at radius 2 is 1.90 bits per heavy atom. The number of nitrogens with two attached hydrogens (primary N) is 1. The fraction of sp³-hybridized carbons (Fsp3) is 0.474. The van der Waals surface area contributed by atoms with Gasteiger partial charge in [0.05, 0.1) is 6.54 Å². The normalized spacial score (nSPS) is 13.8. The zero-order valence-electron chi connectivity index (χ0n) is 15.9. The van der Waals surface area contributed by atoms with Gasteiger partial charge in [-0.15, -0.1) is 11.6 Å². The average Bonchev–Trinajstić information content (AvgIpc) is 3.53. The molecule has 4 amide bonds. The van der Waals surface area contributed by atoms with Crippen LogP contribution in [0.25, 0.3) is 0 Å². The summed E-state index contributed by atoms with van der Waals surface area (Å²) < 4.78 is 5.17. The second-order valence-electron chi connectivity index (χ2n) is 6.81. The van der Waals surface area contributed by atoms with Gasteiger partial charge >= 0.3 is 6.09 Å². The van der Waals surface area contributed by atoms with Crippen molar-refractivity contribution in [3.8, 4) is 0 Å². The molecular weight excluding hydrogens is 400 g/mol. The molecule has 1 aromatic rings. The predicted molar refractivity (Wildman–Crippen MR) is 105 cm³/mol. The molecule has 0 aliphatic heterocycles. The summed E-state index contributed by atoms with van der Waals surface area (Å²) in [6.07, 6.45) is 1.49. The molecule has 158 valence electrons. The maximum atomic E-state index is 12.7. The number of rotatable bonds is 10. The number of primary amides is 1. The first-order chi connectivity index (χ1) is 13.9. The lowest BCUT2D eigenvalue weighted by molar-refractivity contribution is -0.141. The first-order valence-electron chi connectivity index (χ1n) is 9.31. The summed E-state index contributed by atoms with van der Waals surface area (Å²) in [5.74, 6) is -1.85. The van der Waals surface area contributed by atoms with Crippen LogP contribution in [0.1, 0.15) is 31.2 Å². The van der Waals surface area contributed by atoms with Gasteiger partial charge in [-0.2, -0.15) is 0 Å². The lowest BCUT2D eigenvalue weighted by Gasteiger charge is -2.25. The molecule has 1 aliphatic carbocycles. The fourth-order valence-electron chi connectivity index (χ4n) is 2.57. The van der Waals surface area contributed by atoms with E-state index in [2.05, 4.69) is 10.7 Å². The Balaban J connectivity index is 1.93. The van der Waals surface area contributed by atoms with Crippen molar-refractivity contribution >= 4 is 35.4 Å². The smallest absolute Gasteiger partial charge is 0.408 e. The van der Waals surface area contributed by atoms with Gasteiger partial charge in [-0.1, -0.05) is 43.2 Å². The summed E-state index contributed by atoms with van der Waals surface area (Å²) in [6.45, 7) is -0.0405. The Kier molecular flexibility index (Phi) is 8.72. The van der Waals surface area contributed by atoms with Gasteiger partial charge in [-0.25, -0.2) is 4.79 Å². The van der Waals surface area contributed by atoms with E-state index in [1.807, 2.05) is 30.3 Å². The van der Waals surface area contributed by atoms with Crippen molar-refractivity contribution in [1.82, 2.24) is 15.8 Å². The standard InChI is InChI=1S/C19H25ClN4O5/c20-11-17(26)24(9-8-16(21)25)23-18(27)15(10-13-6-7-13)22-19(28)29-12-14-4-2-1-3-5-14/h1-5,13,15H,6-12H2,(H2,21,25)(H,22,28)(H,23,27). The quantitative estimate of drug-likeness (QED) is 0.381. The van der Waals surface area contributed by atoms with Crippen LogP contribution in [-0.4, -0.2) is 47.3 Å². The molecule has 1 saturated carbocycles. The number of benzene rings is 1. The van der Waals surface area contributed by atoms with E-state index >= 15 is 0 Å². The zero-order chi connectivity index (χ0) is 21.2. The maximum Gasteiger partial charge on any atom is 0.408 e. The van der Waals surface area contributed by atoms with Crippen LogP contribution in [0.3, 0.4) is 0 Å². The first kappa shape index (κ1) is 22.5. The van der Waals surface area contributed by atoms with Gasteiger partial charge in [0.1, 0.15) is 18.5 Å². The van der Waals surface area contributed by atoms with Crippen LogP contribution >= 0.6 is 11.6 Å². The summed E-state index contributed by atoms with van der Waals surface area (Å²) in [7, 11) is 0. The van der Waals surface area contributed by atoms with Gasteiger partial charge in [-0.3, -0.25) is 24.8 Å². The molecule has 1 aliphatic rings. The Hall–Kier alpha value is -2.81. The third-order valence-electron chi connectivity index (χ3n) is 4.33. The molecular formula is C19H25ClN4O5. The van der Waals surface area contributed by atoms with E-state index in [9.17, 15) is 19.2 Å². The van der Waals surface area contributed by atoms with Gasteiger partial charge in [0, 0.05) is 6.42 Å². The van der Waals surface area contributed by atoms with Crippen LogP contribution in [0.4, 0.5) is 4.79 Å². The second kappa shape index (κ2) is 11.3. The molecule has 9 nitrogen and oxygen atoms in total. The van der Waals surface area contributed by atoms with Crippen molar-refractivity contribution in [2.75, 3.05) is 12.4 Å². The largest absolute Gasteiger partial charge is 0.445 e. The van der Waals surface area contributed by atoms with Gasteiger partial charge < -0.3 is 15.8 Å². The summed E-state index contributed by atoms with van der Waals surface area (Å²) >= 11 is 5.55. The minimum absolute atomic E-state index is 0.0694. The number of carbonyl (C=O) groups excluding carboxylic acids is 4. The molecule has 1 fully saturated rings. The van der Waals surface area contributed by atoms with Crippen molar-refractivity contribution in [3.63, 3.8) is 0 Å². The highest BCUT2D eigenvalue weighted by Gasteiger charge is 2.32. The second-order valence-corrected chi connectivity index (χ2v) is 7.08. The Labute approximate surface area is 173 Å². The Bertz CT molecular complexity index is 727. The maximum absolute atomic E-state index is 12.7. The van der Waals surface area contributed by atoms with Crippen molar-refractivity contribution in [2.24, 2.45) is 11.7 Å². The van der Waals surface area contributed by atoms with E-state index in [1.54, 1.807) is 0 Å². The molecule has 2 rings (SSSR count). The van der Waals surface area contributed by atoms with E-state index in [4.69, 9.17) is 22.1 Å². The number of alkyl carbamates (subject to hydrolysis) is 1. The summed E-state index contributed by atoms with van der Waals surface area (Å²) in [5, 5.41) is 3.49. The lowest BCUT2D eigenvalue weighted by Crippen LogP contribution is -2.55. The number of amides is 4. The van der Waals surface area contributed by atoms with Crippen LogP contribution in [0.2, 0.25) is 0 Å². The van der Waals surface area contributed by atoms with Gasteiger partial charge in [-0.05, 0) is 17.9 Å². The van der Waals surface area contributed by atoms with E-state index < -0.39 is 29.9 Å². The number of alkyl halides is 1. The fourth-order valence-corrected chi connectivity index (χ4v) is 2.72. The number of ether oxygens (including phenoxy) is 1. The zero-order valence-corrected chi connectivity index (χ0v) is 16.7. The molecule has 0 radical (unpaired) electrons. The molecule has 1 unspecified atom stereocenters. The number of hydrazine groups is 1. The predicted octanol–water partition coefficient (Wildman–Crippen LogP) is 1.06. The summed E-state index contributed by atoms with van der Waals surface area (Å²) in [5.41, 5.74) is 8.33. The SMILES string of the molecule is NC(=O)CCN(NC(=O)C(CC1CC1)NC(=O)OCc1ccccc1)C(=O)CCl. The molecule has 29 heavy (non-hydrogen) atoms. The highest BCUT2D eigenvalue weighted by molar-refractivity contribution is 6.27. The van der Waals surface area contributed by atoms with Gasteiger partial charge in [0.25, 0.3) is 11.8 Å². The molecule has 0 saturated heterocycles. The monoisotopic (exact) mass is 424 g/mol. The van der Waals surface area contributed by atoms with Gasteiger partial charge in [0.15, 0.2) is 0 Å². The van der Waals surface area contributed by atoms with Crippen molar-refractivity contribution in [3.05, 3.63) is 35.9 Å². The van der Waals surface area contributed by atoms with E-state index in [0.717, 1.165) is 23.4 Å². The topological polar surface area (TPSA) is 131 Å². The molecule has 4 N–H and O–H groups in total.